The number of carbonyl (C=O) groups is 2. The van der Waals surface area contributed by atoms with Crippen molar-refractivity contribution >= 4 is 11.9 Å². The lowest BCUT2D eigenvalue weighted by Gasteiger charge is -2.22. The number of unbranched alkanes of at least 4 members (excludes halogenated alkanes) is 67. The summed E-state index contributed by atoms with van der Waals surface area (Å²) in [5.41, 5.74) is 0. The summed E-state index contributed by atoms with van der Waals surface area (Å²) < 4.78 is 5.50. The van der Waals surface area contributed by atoms with E-state index in [4.69, 9.17) is 4.74 Å². The minimum atomic E-state index is -0.660. The molecule has 0 bridgehead atoms. The second-order valence-corrected chi connectivity index (χ2v) is 29.2. The Labute approximate surface area is 565 Å². The predicted molar refractivity (Wildman–Crippen MR) is 398 cm³/mol. The normalized spacial score (nSPS) is 12.4. The van der Waals surface area contributed by atoms with Crippen molar-refractivity contribution in [2.45, 2.75) is 501 Å². The summed E-state index contributed by atoms with van der Waals surface area (Å²) >= 11 is 0. The van der Waals surface area contributed by atoms with Gasteiger partial charge in [-0.2, -0.15) is 0 Å². The van der Waals surface area contributed by atoms with Crippen LogP contribution in [0.4, 0.5) is 0 Å². The number of carbonyl (C=O) groups excluding carboxylic acids is 2. The van der Waals surface area contributed by atoms with Crippen LogP contribution >= 0.6 is 0 Å². The number of amides is 1. The second-order valence-electron chi connectivity index (χ2n) is 29.2. The molecule has 0 aliphatic heterocycles. The predicted octanol–water partition coefficient (Wildman–Crippen LogP) is 27.8. The molecular weight excluding hydrogens is 1100 g/mol. The van der Waals surface area contributed by atoms with Crippen molar-refractivity contribution in [2.24, 2.45) is 0 Å². The van der Waals surface area contributed by atoms with Crippen molar-refractivity contribution in [2.75, 3.05) is 13.2 Å². The average Bonchev–Trinajstić information content (AvgIpc) is 3.62. The van der Waals surface area contributed by atoms with Crippen LogP contribution in [0.5, 0.6) is 0 Å². The average molecular weight is 1270 g/mol. The maximum atomic E-state index is 12.6. The van der Waals surface area contributed by atoms with Gasteiger partial charge >= 0.3 is 5.97 Å². The number of aliphatic hydroxyl groups is 2. The van der Waals surface area contributed by atoms with E-state index < -0.39 is 12.1 Å². The largest absolute Gasteiger partial charge is 0.466 e. The Hall–Kier alpha value is -1.40. The van der Waals surface area contributed by atoms with Crippen molar-refractivity contribution in [3.8, 4) is 0 Å². The minimum Gasteiger partial charge on any atom is -0.466 e. The number of hydrogen-bond donors (Lipinski definition) is 3. The Morgan fingerprint density at radius 3 is 0.789 bits per heavy atom. The van der Waals surface area contributed by atoms with E-state index >= 15 is 0 Å². The standard InChI is InChI=1S/C84H165NO5/c1-3-5-7-9-11-13-15-17-19-20-42-45-49-52-56-60-64-68-72-76-82(87)81(80-86)85-83(88)77-73-69-65-61-57-53-50-46-43-40-38-36-34-32-30-28-26-24-22-21-23-25-27-29-31-33-35-37-39-41-44-47-51-55-59-63-67-71-75-79-90-84(89)78-74-70-66-62-58-54-48-18-16-14-12-10-8-6-4-2/h18,48,81-82,86-87H,3-17,19-47,49-80H2,1-2H3,(H,85,88)/b48-18-. The fourth-order valence-electron chi connectivity index (χ4n) is 13.7. The van der Waals surface area contributed by atoms with Gasteiger partial charge in [0.25, 0.3) is 0 Å². The minimum absolute atomic E-state index is 0.0173. The zero-order chi connectivity index (χ0) is 64.9. The fraction of sp³-hybridized carbons (Fsp3) is 0.952. The highest BCUT2D eigenvalue weighted by molar-refractivity contribution is 5.76. The maximum Gasteiger partial charge on any atom is 0.305 e. The molecule has 0 saturated carbocycles. The Kier molecular flexibility index (Phi) is 78.8. The molecular formula is C84H165NO5. The Bertz CT molecular complexity index is 1370. The van der Waals surface area contributed by atoms with Gasteiger partial charge in [0, 0.05) is 12.8 Å². The monoisotopic (exact) mass is 1270 g/mol. The van der Waals surface area contributed by atoms with E-state index in [1.165, 1.54) is 411 Å². The van der Waals surface area contributed by atoms with Gasteiger partial charge in [0.15, 0.2) is 0 Å². The molecule has 0 aromatic rings. The Morgan fingerprint density at radius 2 is 0.522 bits per heavy atom. The molecule has 2 unspecified atom stereocenters. The van der Waals surface area contributed by atoms with Crippen LogP contribution in [0.15, 0.2) is 12.2 Å². The van der Waals surface area contributed by atoms with Gasteiger partial charge in [0.1, 0.15) is 0 Å². The summed E-state index contributed by atoms with van der Waals surface area (Å²) in [4.78, 5) is 24.6. The molecule has 0 spiro atoms. The van der Waals surface area contributed by atoms with E-state index in [1.807, 2.05) is 0 Å². The molecule has 1 amide bonds. The molecule has 0 aromatic carbocycles. The molecule has 0 radical (unpaired) electrons. The number of rotatable bonds is 80. The lowest BCUT2D eigenvalue weighted by Crippen LogP contribution is -2.45. The second kappa shape index (κ2) is 80.0. The highest BCUT2D eigenvalue weighted by Crippen LogP contribution is 2.21. The summed E-state index contributed by atoms with van der Waals surface area (Å²) in [7, 11) is 0. The highest BCUT2D eigenvalue weighted by Gasteiger charge is 2.20. The number of esters is 1. The third-order valence-corrected chi connectivity index (χ3v) is 20.1. The van der Waals surface area contributed by atoms with Crippen molar-refractivity contribution in [3.05, 3.63) is 12.2 Å². The molecule has 3 N–H and O–H groups in total. The zero-order valence-corrected chi connectivity index (χ0v) is 61.7. The van der Waals surface area contributed by atoms with Gasteiger partial charge in [0.05, 0.1) is 25.4 Å². The van der Waals surface area contributed by atoms with E-state index in [9.17, 15) is 19.8 Å². The number of hydrogen-bond acceptors (Lipinski definition) is 5. The summed E-state index contributed by atoms with van der Waals surface area (Å²) in [5.74, 6) is -0.00605. The van der Waals surface area contributed by atoms with Crippen LogP contribution in [0.3, 0.4) is 0 Å². The first-order valence-electron chi connectivity index (χ1n) is 41.9. The maximum absolute atomic E-state index is 12.6. The molecule has 0 fully saturated rings. The van der Waals surface area contributed by atoms with Crippen LogP contribution in [0.25, 0.3) is 0 Å². The summed E-state index contributed by atoms with van der Waals surface area (Å²) in [5, 5.41) is 23.4. The van der Waals surface area contributed by atoms with Gasteiger partial charge in [-0.25, -0.2) is 0 Å². The fourth-order valence-corrected chi connectivity index (χ4v) is 13.7. The molecule has 0 aromatic heterocycles. The number of aliphatic hydroxyl groups excluding tert-OH is 2. The van der Waals surface area contributed by atoms with Crippen molar-refractivity contribution in [1.29, 1.82) is 0 Å². The molecule has 90 heavy (non-hydrogen) atoms. The first-order valence-corrected chi connectivity index (χ1v) is 41.9. The molecule has 0 aliphatic carbocycles. The number of nitrogens with one attached hydrogen (secondary N) is 1. The summed E-state index contributed by atoms with van der Waals surface area (Å²) in [6.07, 6.45) is 102. The van der Waals surface area contributed by atoms with Crippen molar-refractivity contribution in [1.82, 2.24) is 5.32 Å². The number of ether oxygens (including phenoxy) is 1. The van der Waals surface area contributed by atoms with Crippen LogP contribution in [0, 0.1) is 0 Å². The van der Waals surface area contributed by atoms with Crippen molar-refractivity contribution < 1.29 is 24.5 Å². The first-order chi connectivity index (χ1) is 44.5. The molecule has 0 rings (SSSR count). The lowest BCUT2D eigenvalue weighted by molar-refractivity contribution is -0.143. The van der Waals surface area contributed by atoms with Gasteiger partial charge in [0.2, 0.25) is 5.91 Å². The summed E-state index contributed by atoms with van der Waals surface area (Å²) in [6, 6.07) is -0.537. The zero-order valence-electron chi connectivity index (χ0n) is 61.7. The molecule has 2 atom stereocenters. The molecule has 0 heterocycles. The van der Waals surface area contributed by atoms with Gasteiger partial charge in [-0.3, -0.25) is 9.59 Å². The van der Waals surface area contributed by atoms with Crippen LogP contribution in [0.2, 0.25) is 0 Å². The summed E-state index contributed by atoms with van der Waals surface area (Å²) in [6.45, 7) is 5.00. The third kappa shape index (κ3) is 75.6. The van der Waals surface area contributed by atoms with Crippen LogP contribution in [0.1, 0.15) is 489 Å². The van der Waals surface area contributed by atoms with Crippen LogP contribution in [-0.4, -0.2) is 47.4 Å². The van der Waals surface area contributed by atoms with E-state index in [0.717, 1.165) is 44.9 Å². The van der Waals surface area contributed by atoms with Crippen LogP contribution < -0.4 is 5.32 Å². The molecule has 6 nitrogen and oxygen atoms in total. The smallest absolute Gasteiger partial charge is 0.305 e. The first kappa shape index (κ1) is 88.6. The molecule has 0 saturated heterocycles. The van der Waals surface area contributed by atoms with Crippen LogP contribution in [-0.2, 0) is 14.3 Å². The van der Waals surface area contributed by atoms with Gasteiger partial charge in [-0.1, -0.05) is 437 Å². The lowest BCUT2D eigenvalue weighted by atomic mass is 10.0. The third-order valence-electron chi connectivity index (χ3n) is 20.1. The quantitative estimate of drug-likeness (QED) is 0.0320. The van der Waals surface area contributed by atoms with Gasteiger partial charge in [-0.05, 0) is 51.4 Å². The molecule has 536 valence electrons. The van der Waals surface area contributed by atoms with E-state index in [1.54, 1.807) is 0 Å². The SMILES string of the molecule is CCCCCCCC/C=C\CCCCCCCC(=O)OCCCCCCCCCCCCCCCCCCCCCCCCCCCCCCCCCCCCCCCCCC(=O)NC(CO)C(O)CCCCCCCCCCCCCCCCCCCCC. The van der Waals surface area contributed by atoms with Gasteiger partial charge in [-0.15, -0.1) is 0 Å². The molecule has 6 heteroatoms. The van der Waals surface area contributed by atoms with E-state index in [2.05, 4.69) is 31.3 Å². The van der Waals surface area contributed by atoms with Gasteiger partial charge < -0.3 is 20.3 Å². The Balaban J connectivity index is 3.29. The number of allylic oxidation sites excluding steroid dienone is 2. The van der Waals surface area contributed by atoms with Crippen molar-refractivity contribution in [3.63, 3.8) is 0 Å². The highest BCUT2D eigenvalue weighted by atomic mass is 16.5. The Morgan fingerprint density at radius 1 is 0.300 bits per heavy atom. The van der Waals surface area contributed by atoms with E-state index in [-0.39, 0.29) is 18.5 Å². The molecule has 0 aliphatic rings. The van der Waals surface area contributed by atoms with E-state index in [0.29, 0.717) is 25.9 Å². The topological polar surface area (TPSA) is 95.9 Å².